The topological polar surface area (TPSA) is 96.3 Å². The second-order valence-corrected chi connectivity index (χ2v) is 11.4. The number of para-hydroxylation sites is 1. The van der Waals surface area contributed by atoms with Crippen LogP contribution in [-0.2, 0) is 16.6 Å². The first-order chi connectivity index (χ1) is 15.3. The standard InChI is InChI=1S/C21H24ClN5O3S2/c1-32(29,30)27-12-9-16(25-27)13-26-11-10-18(17(14-26)19-7-8-20(22)31-19)24-21(28)23-15-5-3-2-4-6-15/h2-9,12,17-18H,10-11,13-14H2,1H3,(H2,23,24,28). The number of thiophene rings is 1. The first-order valence-electron chi connectivity index (χ1n) is 10.1. The molecule has 170 valence electrons. The molecular weight excluding hydrogens is 470 g/mol. The van der Waals surface area contributed by atoms with Gasteiger partial charge in [-0.25, -0.2) is 13.2 Å². The summed E-state index contributed by atoms with van der Waals surface area (Å²) in [6, 6.07) is 14.6. The molecule has 0 saturated carbocycles. The summed E-state index contributed by atoms with van der Waals surface area (Å²) < 4.78 is 25.1. The third-order valence-corrected chi connectivity index (χ3v) is 7.60. The number of urea groups is 1. The zero-order valence-electron chi connectivity index (χ0n) is 17.4. The van der Waals surface area contributed by atoms with Gasteiger partial charge >= 0.3 is 6.03 Å². The number of hydrogen-bond donors (Lipinski definition) is 2. The first-order valence-corrected chi connectivity index (χ1v) is 13.2. The monoisotopic (exact) mass is 493 g/mol. The number of rotatable bonds is 6. The Morgan fingerprint density at radius 2 is 2.00 bits per heavy atom. The molecule has 2 unspecified atom stereocenters. The predicted molar refractivity (Wildman–Crippen MR) is 127 cm³/mol. The highest BCUT2D eigenvalue weighted by Gasteiger charge is 2.33. The molecular formula is C21H24ClN5O3S2. The van der Waals surface area contributed by atoms with Crippen molar-refractivity contribution in [1.82, 2.24) is 19.4 Å². The summed E-state index contributed by atoms with van der Waals surface area (Å²) >= 11 is 7.70. The van der Waals surface area contributed by atoms with Crippen molar-refractivity contribution in [2.45, 2.75) is 24.9 Å². The highest BCUT2D eigenvalue weighted by molar-refractivity contribution is 7.89. The number of halogens is 1. The maximum atomic E-state index is 12.6. The average molecular weight is 494 g/mol. The summed E-state index contributed by atoms with van der Waals surface area (Å²) in [5, 5.41) is 10.2. The maximum Gasteiger partial charge on any atom is 0.319 e. The number of likely N-dealkylation sites (tertiary alicyclic amines) is 1. The minimum absolute atomic E-state index is 0.0553. The smallest absolute Gasteiger partial charge is 0.319 e. The molecule has 2 N–H and O–H groups in total. The van der Waals surface area contributed by atoms with Crippen molar-refractivity contribution in [3.05, 3.63) is 69.6 Å². The molecule has 2 aromatic heterocycles. The lowest BCUT2D eigenvalue weighted by Gasteiger charge is -2.38. The SMILES string of the molecule is CS(=O)(=O)n1ccc(CN2CCC(NC(=O)Nc3ccccc3)C(c3ccc(Cl)s3)C2)n1. The van der Waals surface area contributed by atoms with Crippen molar-refractivity contribution in [2.24, 2.45) is 0 Å². The Labute approximate surface area is 196 Å². The normalized spacial score (nSPS) is 19.6. The fourth-order valence-electron chi connectivity index (χ4n) is 3.85. The van der Waals surface area contributed by atoms with Crippen molar-refractivity contribution in [3.8, 4) is 0 Å². The molecule has 0 radical (unpaired) electrons. The minimum atomic E-state index is -3.40. The molecule has 3 heterocycles. The molecule has 0 aliphatic carbocycles. The number of carbonyl (C=O) groups excluding carboxylic acids is 1. The molecule has 3 aromatic rings. The van der Waals surface area contributed by atoms with E-state index in [2.05, 4.69) is 20.6 Å². The highest BCUT2D eigenvalue weighted by atomic mass is 35.5. The van der Waals surface area contributed by atoms with E-state index in [1.807, 2.05) is 42.5 Å². The van der Waals surface area contributed by atoms with E-state index in [-0.39, 0.29) is 18.0 Å². The van der Waals surface area contributed by atoms with Gasteiger partial charge < -0.3 is 10.6 Å². The van der Waals surface area contributed by atoms with Crippen LogP contribution >= 0.6 is 22.9 Å². The van der Waals surface area contributed by atoms with Crippen LogP contribution < -0.4 is 10.6 Å². The summed E-state index contributed by atoms with van der Waals surface area (Å²) in [6.45, 7) is 1.97. The van der Waals surface area contributed by atoms with Gasteiger partial charge in [-0.3, -0.25) is 4.90 Å². The van der Waals surface area contributed by atoms with E-state index < -0.39 is 10.0 Å². The van der Waals surface area contributed by atoms with Gasteiger partial charge in [0, 0.05) is 48.4 Å². The number of piperidine rings is 1. The van der Waals surface area contributed by atoms with Gasteiger partial charge in [0.25, 0.3) is 10.0 Å². The number of nitrogens with zero attached hydrogens (tertiary/aromatic N) is 3. The molecule has 0 spiro atoms. The van der Waals surface area contributed by atoms with Crippen molar-refractivity contribution >= 4 is 44.7 Å². The number of amides is 2. The van der Waals surface area contributed by atoms with E-state index in [4.69, 9.17) is 11.6 Å². The fraction of sp³-hybridized carbons (Fsp3) is 0.333. The lowest BCUT2D eigenvalue weighted by Crippen LogP contribution is -2.50. The average Bonchev–Trinajstić information content (AvgIpc) is 3.39. The molecule has 4 rings (SSSR count). The van der Waals surface area contributed by atoms with Crippen LogP contribution in [0.4, 0.5) is 10.5 Å². The second-order valence-electron chi connectivity index (χ2n) is 7.79. The summed E-state index contributed by atoms with van der Waals surface area (Å²) in [5.74, 6) is 0.0553. The highest BCUT2D eigenvalue weighted by Crippen LogP contribution is 2.34. The lowest BCUT2D eigenvalue weighted by atomic mass is 9.90. The molecule has 2 atom stereocenters. The van der Waals surface area contributed by atoms with Crippen LogP contribution in [0.5, 0.6) is 0 Å². The van der Waals surface area contributed by atoms with Gasteiger partial charge in [0.05, 0.1) is 16.3 Å². The van der Waals surface area contributed by atoms with Crippen LogP contribution in [0.1, 0.15) is 22.9 Å². The fourth-order valence-corrected chi connectivity index (χ4v) is 5.60. The van der Waals surface area contributed by atoms with E-state index >= 15 is 0 Å². The molecule has 11 heteroatoms. The van der Waals surface area contributed by atoms with Crippen LogP contribution in [0, 0.1) is 0 Å². The molecule has 1 saturated heterocycles. The number of nitrogens with one attached hydrogen (secondary N) is 2. The second kappa shape index (κ2) is 9.62. The Bertz CT molecular complexity index is 1180. The molecule has 32 heavy (non-hydrogen) atoms. The van der Waals surface area contributed by atoms with Crippen molar-refractivity contribution in [2.75, 3.05) is 24.7 Å². The molecule has 1 aliphatic heterocycles. The van der Waals surface area contributed by atoms with E-state index in [0.29, 0.717) is 23.1 Å². The summed E-state index contributed by atoms with van der Waals surface area (Å²) in [7, 11) is -3.40. The van der Waals surface area contributed by atoms with Gasteiger partial charge in [-0.1, -0.05) is 29.8 Å². The largest absolute Gasteiger partial charge is 0.334 e. The Morgan fingerprint density at radius 1 is 1.22 bits per heavy atom. The number of carbonyl (C=O) groups is 1. The molecule has 1 fully saturated rings. The van der Waals surface area contributed by atoms with Gasteiger partial charge in [-0.05, 0) is 36.8 Å². The zero-order valence-corrected chi connectivity index (χ0v) is 19.8. The summed E-state index contributed by atoms with van der Waals surface area (Å²) in [5.41, 5.74) is 1.42. The van der Waals surface area contributed by atoms with Gasteiger partial charge in [-0.2, -0.15) is 9.19 Å². The van der Waals surface area contributed by atoms with Gasteiger partial charge in [-0.15, -0.1) is 11.3 Å². The Hall–Kier alpha value is -2.40. The number of hydrogen-bond acceptors (Lipinski definition) is 6. The van der Waals surface area contributed by atoms with Crippen molar-refractivity contribution in [1.29, 1.82) is 0 Å². The Kier molecular flexibility index (Phi) is 6.85. The lowest BCUT2D eigenvalue weighted by molar-refractivity contribution is 0.168. The van der Waals surface area contributed by atoms with E-state index in [0.717, 1.165) is 33.9 Å². The number of aromatic nitrogens is 2. The van der Waals surface area contributed by atoms with Gasteiger partial charge in [0.1, 0.15) is 0 Å². The van der Waals surface area contributed by atoms with Crippen molar-refractivity contribution in [3.63, 3.8) is 0 Å². The molecule has 8 nitrogen and oxygen atoms in total. The Balaban J connectivity index is 1.45. The third kappa shape index (κ3) is 5.69. The molecule has 1 aliphatic rings. The molecule has 0 bridgehead atoms. The Morgan fingerprint density at radius 3 is 2.66 bits per heavy atom. The van der Waals surface area contributed by atoms with Crippen LogP contribution in [0.2, 0.25) is 4.34 Å². The van der Waals surface area contributed by atoms with Crippen LogP contribution in [0.3, 0.4) is 0 Å². The maximum absolute atomic E-state index is 12.6. The van der Waals surface area contributed by atoms with Crippen LogP contribution in [0.15, 0.2) is 54.7 Å². The molecule has 1 aromatic carbocycles. The van der Waals surface area contributed by atoms with Gasteiger partial charge in [0.2, 0.25) is 0 Å². The quantitative estimate of drug-likeness (QED) is 0.547. The molecule has 2 amide bonds. The summed E-state index contributed by atoms with van der Waals surface area (Å²) in [6.07, 6.45) is 3.33. The van der Waals surface area contributed by atoms with Crippen LogP contribution in [-0.4, -0.2) is 53.9 Å². The number of benzene rings is 1. The summed E-state index contributed by atoms with van der Waals surface area (Å²) in [4.78, 5) is 15.9. The third-order valence-electron chi connectivity index (χ3n) is 5.35. The van der Waals surface area contributed by atoms with Crippen molar-refractivity contribution < 1.29 is 13.2 Å². The number of anilines is 1. The minimum Gasteiger partial charge on any atom is -0.334 e. The van der Waals surface area contributed by atoms with Gasteiger partial charge in [0.15, 0.2) is 0 Å². The first kappa shape index (κ1) is 22.8. The van der Waals surface area contributed by atoms with Crippen LogP contribution in [0.25, 0.3) is 0 Å². The van der Waals surface area contributed by atoms with E-state index in [9.17, 15) is 13.2 Å². The van der Waals surface area contributed by atoms with E-state index in [1.165, 1.54) is 17.5 Å². The zero-order chi connectivity index (χ0) is 22.7. The van der Waals surface area contributed by atoms with E-state index in [1.54, 1.807) is 6.07 Å². The predicted octanol–water partition coefficient (Wildman–Crippen LogP) is 3.59.